The van der Waals surface area contributed by atoms with Gasteiger partial charge in [0.2, 0.25) is 0 Å². The molecule has 1 heterocycles. The van der Waals surface area contributed by atoms with E-state index in [4.69, 9.17) is 4.74 Å². The number of esters is 1. The number of ether oxygens (including phenoxy) is 1. The van der Waals surface area contributed by atoms with E-state index in [1.807, 2.05) is 31.2 Å². The van der Waals surface area contributed by atoms with E-state index in [-0.39, 0.29) is 24.3 Å². The van der Waals surface area contributed by atoms with Gasteiger partial charge in [0, 0.05) is 6.04 Å². The van der Waals surface area contributed by atoms with Gasteiger partial charge in [-0.25, -0.2) is 4.98 Å². The number of nitrogens with one attached hydrogen (secondary N) is 1. The monoisotopic (exact) mass is 389 g/mol. The molecule has 0 saturated carbocycles. The Morgan fingerprint density at radius 1 is 1.15 bits per heavy atom. The van der Waals surface area contributed by atoms with Gasteiger partial charge in [-0.1, -0.05) is 50.6 Å². The maximum atomic E-state index is 11.9. The molecule has 0 aliphatic rings. The van der Waals surface area contributed by atoms with Crippen molar-refractivity contribution in [3.05, 3.63) is 30.5 Å². The zero-order valence-corrected chi connectivity index (χ0v) is 16.9. The number of benzene rings is 1. The molecular formula is C20H27N3O3S. The smallest absolute Gasteiger partial charge is 0.316 e. The largest absolute Gasteiger partial charge is 0.455 e. The first-order chi connectivity index (χ1) is 12.9. The van der Waals surface area contributed by atoms with Gasteiger partial charge < -0.3 is 10.1 Å². The van der Waals surface area contributed by atoms with Gasteiger partial charge in [0.1, 0.15) is 5.03 Å². The lowest BCUT2D eigenvalue weighted by Gasteiger charge is -2.14. The quantitative estimate of drug-likeness (QED) is 0.494. The van der Waals surface area contributed by atoms with Crippen LogP contribution in [0.4, 0.5) is 0 Å². The van der Waals surface area contributed by atoms with Crippen LogP contribution in [0.1, 0.15) is 40.0 Å². The summed E-state index contributed by atoms with van der Waals surface area (Å²) >= 11 is 1.24. The van der Waals surface area contributed by atoms with Crippen molar-refractivity contribution in [1.82, 2.24) is 15.3 Å². The van der Waals surface area contributed by atoms with Gasteiger partial charge in [0.15, 0.2) is 6.61 Å². The molecule has 0 bridgehead atoms. The van der Waals surface area contributed by atoms with E-state index in [0.717, 1.165) is 30.3 Å². The van der Waals surface area contributed by atoms with Crippen LogP contribution in [0.5, 0.6) is 0 Å². The summed E-state index contributed by atoms with van der Waals surface area (Å²) in [5.41, 5.74) is 1.59. The van der Waals surface area contributed by atoms with Crippen molar-refractivity contribution in [3.63, 3.8) is 0 Å². The average molecular weight is 390 g/mol. The fraction of sp³-hybridized carbons (Fsp3) is 0.500. The highest BCUT2D eigenvalue weighted by atomic mass is 32.2. The molecule has 146 valence electrons. The molecule has 2 rings (SSSR count). The molecule has 1 atom stereocenters. The van der Waals surface area contributed by atoms with Gasteiger partial charge in [-0.05, 0) is 31.4 Å². The van der Waals surface area contributed by atoms with Crippen molar-refractivity contribution < 1.29 is 14.3 Å². The van der Waals surface area contributed by atoms with Gasteiger partial charge >= 0.3 is 5.97 Å². The topological polar surface area (TPSA) is 81.2 Å². The number of hydrogen-bond acceptors (Lipinski definition) is 6. The molecule has 2 aromatic rings. The minimum Gasteiger partial charge on any atom is -0.455 e. The van der Waals surface area contributed by atoms with Crippen molar-refractivity contribution in [3.8, 4) is 0 Å². The first kappa shape index (κ1) is 21.2. The zero-order chi connectivity index (χ0) is 19.6. The predicted octanol–water partition coefficient (Wildman–Crippen LogP) is 3.60. The van der Waals surface area contributed by atoms with Crippen LogP contribution in [-0.4, -0.2) is 40.2 Å². The van der Waals surface area contributed by atoms with Gasteiger partial charge in [-0.2, -0.15) is 0 Å². The molecule has 1 amide bonds. The SMILES string of the molecule is CC(C)CCCC(C)NC(=O)COC(=O)CSc1cnc2ccccc2n1. The van der Waals surface area contributed by atoms with Crippen LogP contribution in [0.3, 0.4) is 0 Å². The van der Waals surface area contributed by atoms with Crippen LogP contribution in [-0.2, 0) is 14.3 Å². The molecule has 6 nitrogen and oxygen atoms in total. The lowest BCUT2D eigenvalue weighted by molar-refractivity contribution is -0.146. The molecule has 1 aromatic heterocycles. The second-order valence-corrected chi connectivity index (χ2v) is 7.94. The average Bonchev–Trinajstić information content (AvgIpc) is 2.64. The number of rotatable bonds is 10. The highest BCUT2D eigenvalue weighted by Gasteiger charge is 2.12. The van der Waals surface area contributed by atoms with E-state index < -0.39 is 5.97 Å². The molecule has 0 saturated heterocycles. The van der Waals surface area contributed by atoms with Crippen LogP contribution >= 0.6 is 11.8 Å². The summed E-state index contributed by atoms with van der Waals surface area (Å²) in [5, 5.41) is 3.50. The molecular weight excluding hydrogens is 362 g/mol. The summed E-state index contributed by atoms with van der Waals surface area (Å²) < 4.78 is 5.04. The number of para-hydroxylation sites is 2. The van der Waals surface area contributed by atoms with E-state index in [1.54, 1.807) is 6.20 Å². The van der Waals surface area contributed by atoms with E-state index in [2.05, 4.69) is 29.1 Å². The lowest BCUT2D eigenvalue weighted by atomic mass is 10.0. The molecule has 1 N–H and O–H groups in total. The lowest BCUT2D eigenvalue weighted by Crippen LogP contribution is -2.36. The maximum absolute atomic E-state index is 11.9. The summed E-state index contributed by atoms with van der Waals surface area (Å²) in [4.78, 5) is 32.4. The van der Waals surface area contributed by atoms with Crippen LogP contribution in [0, 0.1) is 5.92 Å². The first-order valence-electron chi connectivity index (χ1n) is 9.23. The second-order valence-electron chi connectivity index (χ2n) is 6.94. The number of hydrogen-bond donors (Lipinski definition) is 1. The molecule has 1 unspecified atom stereocenters. The molecule has 27 heavy (non-hydrogen) atoms. The summed E-state index contributed by atoms with van der Waals surface area (Å²) in [6.07, 6.45) is 4.77. The summed E-state index contributed by atoms with van der Waals surface area (Å²) in [6, 6.07) is 7.63. The third kappa shape index (κ3) is 7.95. The van der Waals surface area contributed by atoms with E-state index in [1.165, 1.54) is 11.8 Å². The Kier molecular flexibility index (Phi) is 8.51. The Labute approximate surface area is 164 Å². The molecule has 0 aliphatic carbocycles. The fourth-order valence-corrected chi connectivity index (χ4v) is 3.19. The summed E-state index contributed by atoms with van der Waals surface area (Å²) in [6.45, 7) is 6.08. The standard InChI is InChI=1S/C20H27N3O3S/c1-14(2)7-6-8-15(3)22-18(24)12-26-20(25)13-27-19-11-21-16-9-4-5-10-17(16)23-19/h4-5,9-11,14-15H,6-8,12-13H2,1-3H3,(H,22,24). The number of fused-ring (bicyclic) bond motifs is 1. The van der Waals surface area contributed by atoms with Crippen LogP contribution in [0.15, 0.2) is 35.5 Å². The van der Waals surface area contributed by atoms with E-state index in [9.17, 15) is 9.59 Å². The minimum absolute atomic E-state index is 0.0807. The molecule has 7 heteroatoms. The van der Waals surface area contributed by atoms with Gasteiger partial charge in [0.25, 0.3) is 5.91 Å². The number of aromatic nitrogens is 2. The Hall–Kier alpha value is -2.15. The van der Waals surface area contributed by atoms with E-state index in [0.29, 0.717) is 10.9 Å². The Morgan fingerprint density at radius 2 is 1.89 bits per heavy atom. The second kappa shape index (κ2) is 10.9. The number of amides is 1. The van der Waals surface area contributed by atoms with Crippen LogP contribution in [0.2, 0.25) is 0 Å². The molecule has 0 radical (unpaired) electrons. The minimum atomic E-state index is -0.447. The van der Waals surface area contributed by atoms with Crippen LogP contribution in [0.25, 0.3) is 11.0 Å². The first-order valence-corrected chi connectivity index (χ1v) is 10.2. The van der Waals surface area contributed by atoms with Gasteiger partial charge in [-0.15, -0.1) is 0 Å². The number of thioether (sulfide) groups is 1. The summed E-state index contributed by atoms with van der Waals surface area (Å²) in [5.74, 6) is 0.0386. The van der Waals surface area contributed by atoms with Crippen molar-refractivity contribution in [2.75, 3.05) is 12.4 Å². The van der Waals surface area contributed by atoms with Crippen molar-refractivity contribution in [2.45, 2.75) is 51.1 Å². The van der Waals surface area contributed by atoms with Crippen molar-refractivity contribution >= 4 is 34.7 Å². The maximum Gasteiger partial charge on any atom is 0.316 e. The summed E-state index contributed by atoms with van der Waals surface area (Å²) in [7, 11) is 0. The highest BCUT2D eigenvalue weighted by molar-refractivity contribution is 7.99. The van der Waals surface area contributed by atoms with Crippen molar-refractivity contribution in [2.24, 2.45) is 5.92 Å². The number of nitrogens with zero attached hydrogens (tertiary/aromatic N) is 2. The molecule has 0 spiro atoms. The van der Waals surface area contributed by atoms with Gasteiger partial charge in [0.05, 0.1) is 23.0 Å². The normalized spacial score (nSPS) is 12.1. The van der Waals surface area contributed by atoms with Gasteiger partial charge in [-0.3, -0.25) is 14.6 Å². The Morgan fingerprint density at radius 3 is 2.63 bits per heavy atom. The number of carbonyl (C=O) groups is 2. The molecule has 0 fully saturated rings. The molecule has 0 aliphatic heterocycles. The third-order valence-electron chi connectivity index (χ3n) is 3.95. The number of carbonyl (C=O) groups excluding carboxylic acids is 2. The van der Waals surface area contributed by atoms with Crippen LogP contribution < -0.4 is 5.32 Å². The Balaban J connectivity index is 1.66. The predicted molar refractivity (Wildman–Crippen MR) is 108 cm³/mol. The molecule has 1 aromatic carbocycles. The third-order valence-corrected chi connectivity index (χ3v) is 4.83. The van der Waals surface area contributed by atoms with E-state index >= 15 is 0 Å². The zero-order valence-electron chi connectivity index (χ0n) is 16.1. The Bertz CT molecular complexity index is 767. The highest BCUT2D eigenvalue weighted by Crippen LogP contribution is 2.17. The van der Waals surface area contributed by atoms with Crippen molar-refractivity contribution in [1.29, 1.82) is 0 Å². The fourth-order valence-electron chi connectivity index (χ4n) is 2.55.